The van der Waals surface area contributed by atoms with Crippen LogP contribution in [-0.2, 0) is 9.59 Å². The van der Waals surface area contributed by atoms with Crippen LogP contribution in [0.2, 0.25) is 0 Å². The summed E-state index contributed by atoms with van der Waals surface area (Å²) in [5, 5.41) is 12.4. The molecule has 3 rings (SSSR count). The Kier molecular flexibility index (Phi) is 7.29. The van der Waals surface area contributed by atoms with E-state index in [2.05, 4.69) is 59.1 Å². The normalized spacial score (nSPS) is 17.8. The molecule has 1 aliphatic rings. The van der Waals surface area contributed by atoms with Crippen molar-refractivity contribution in [1.29, 1.82) is 0 Å². The summed E-state index contributed by atoms with van der Waals surface area (Å²) >= 11 is 4.75. The molecule has 1 N–H and O–H groups in total. The minimum atomic E-state index is -0.431. The molecule has 1 saturated heterocycles. The van der Waals surface area contributed by atoms with Crippen molar-refractivity contribution < 1.29 is 9.59 Å². The predicted octanol–water partition coefficient (Wildman–Crippen LogP) is 5.36. The molecule has 2 unspecified atom stereocenters. The maximum absolute atomic E-state index is 12.9. The Morgan fingerprint density at radius 1 is 1.27 bits per heavy atom. The standard InChI is InChI=1S/C22H29BrN4O2S/c1-14(13-22(2,3)4)12-18(28)27-11-5-6-17(27)19(29)24-21-26-25-20(30-21)15-7-9-16(23)10-8-15/h7-10,14,17H,5-6,11-13H2,1-4H3,(H,24,26,29). The highest BCUT2D eigenvalue weighted by molar-refractivity contribution is 9.10. The third kappa shape index (κ3) is 6.11. The van der Waals surface area contributed by atoms with Gasteiger partial charge in [0.2, 0.25) is 16.9 Å². The molecule has 0 radical (unpaired) electrons. The van der Waals surface area contributed by atoms with Crippen LogP contribution in [0.3, 0.4) is 0 Å². The zero-order chi connectivity index (χ0) is 21.9. The van der Waals surface area contributed by atoms with E-state index in [1.54, 1.807) is 4.90 Å². The largest absolute Gasteiger partial charge is 0.331 e. The number of aromatic nitrogens is 2. The molecule has 162 valence electrons. The van der Waals surface area contributed by atoms with E-state index in [1.807, 2.05) is 24.3 Å². The summed E-state index contributed by atoms with van der Waals surface area (Å²) < 4.78 is 0.993. The first-order valence-electron chi connectivity index (χ1n) is 10.3. The average Bonchev–Trinajstić information content (AvgIpc) is 3.30. The van der Waals surface area contributed by atoms with E-state index >= 15 is 0 Å². The van der Waals surface area contributed by atoms with E-state index in [-0.39, 0.29) is 17.2 Å². The van der Waals surface area contributed by atoms with Crippen LogP contribution >= 0.6 is 27.3 Å². The number of amides is 2. The van der Waals surface area contributed by atoms with Gasteiger partial charge in [-0.15, -0.1) is 10.2 Å². The molecule has 2 atom stereocenters. The third-order valence-electron chi connectivity index (χ3n) is 5.11. The van der Waals surface area contributed by atoms with Gasteiger partial charge in [-0.25, -0.2) is 0 Å². The minimum Gasteiger partial charge on any atom is -0.331 e. The summed E-state index contributed by atoms with van der Waals surface area (Å²) in [5.74, 6) is 0.179. The number of hydrogen-bond acceptors (Lipinski definition) is 5. The summed E-state index contributed by atoms with van der Waals surface area (Å²) in [7, 11) is 0. The molecular weight excluding hydrogens is 464 g/mol. The van der Waals surface area contributed by atoms with Crippen LogP contribution in [0.1, 0.15) is 53.4 Å². The Morgan fingerprint density at radius 3 is 2.63 bits per heavy atom. The van der Waals surface area contributed by atoms with Crippen LogP contribution in [0.4, 0.5) is 5.13 Å². The zero-order valence-electron chi connectivity index (χ0n) is 17.9. The van der Waals surface area contributed by atoms with Crippen molar-refractivity contribution in [1.82, 2.24) is 15.1 Å². The summed E-state index contributed by atoms with van der Waals surface area (Å²) in [4.78, 5) is 27.4. The minimum absolute atomic E-state index is 0.0669. The molecule has 2 aromatic rings. The van der Waals surface area contributed by atoms with Gasteiger partial charge in [0.25, 0.3) is 0 Å². The number of carbonyl (C=O) groups excluding carboxylic acids is 2. The molecule has 6 nitrogen and oxygen atoms in total. The Labute approximate surface area is 190 Å². The van der Waals surface area contributed by atoms with E-state index in [0.29, 0.717) is 30.4 Å². The molecule has 1 aromatic heterocycles. The molecule has 2 heterocycles. The van der Waals surface area contributed by atoms with Crippen molar-refractivity contribution in [2.75, 3.05) is 11.9 Å². The number of benzene rings is 1. The molecule has 1 aliphatic heterocycles. The SMILES string of the molecule is CC(CC(=O)N1CCCC1C(=O)Nc1nnc(-c2ccc(Br)cc2)s1)CC(C)(C)C. The highest BCUT2D eigenvalue weighted by Gasteiger charge is 2.35. The van der Waals surface area contributed by atoms with Gasteiger partial charge < -0.3 is 4.90 Å². The van der Waals surface area contributed by atoms with Gasteiger partial charge in [0.15, 0.2) is 0 Å². The van der Waals surface area contributed by atoms with Crippen LogP contribution in [0.25, 0.3) is 10.6 Å². The summed E-state index contributed by atoms with van der Waals surface area (Å²) in [6.45, 7) is 9.30. The van der Waals surface area contributed by atoms with Crippen molar-refractivity contribution in [2.45, 2.75) is 59.4 Å². The highest BCUT2D eigenvalue weighted by Crippen LogP contribution is 2.30. The number of nitrogens with zero attached hydrogens (tertiary/aromatic N) is 3. The van der Waals surface area contributed by atoms with Crippen molar-refractivity contribution in [3.8, 4) is 10.6 Å². The number of anilines is 1. The van der Waals surface area contributed by atoms with Gasteiger partial charge in [0, 0.05) is 23.0 Å². The van der Waals surface area contributed by atoms with E-state index < -0.39 is 6.04 Å². The van der Waals surface area contributed by atoms with Crippen LogP contribution in [0, 0.1) is 11.3 Å². The van der Waals surface area contributed by atoms with Crippen LogP contribution in [0.5, 0.6) is 0 Å². The predicted molar refractivity (Wildman–Crippen MR) is 124 cm³/mol. The van der Waals surface area contributed by atoms with Gasteiger partial charge in [-0.3, -0.25) is 14.9 Å². The zero-order valence-corrected chi connectivity index (χ0v) is 20.3. The van der Waals surface area contributed by atoms with Crippen molar-refractivity contribution in [2.24, 2.45) is 11.3 Å². The molecule has 2 amide bonds. The lowest BCUT2D eigenvalue weighted by Gasteiger charge is -2.27. The molecule has 1 fully saturated rings. The van der Waals surface area contributed by atoms with E-state index in [4.69, 9.17) is 0 Å². The Hall–Kier alpha value is -1.80. The fourth-order valence-corrected chi connectivity index (χ4v) is 5.06. The monoisotopic (exact) mass is 492 g/mol. The number of likely N-dealkylation sites (tertiary alicyclic amines) is 1. The Balaban J connectivity index is 1.60. The molecular formula is C22H29BrN4O2S. The van der Waals surface area contributed by atoms with Gasteiger partial charge >= 0.3 is 0 Å². The third-order valence-corrected chi connectivity index (χ3v) is 6.52. The molecule has 1 aromatic carbocycles. The number of halogens is 1. The number of carbonyl (C=O) groups is 2. The lowest BCUT2D eigenvalue weighted by Crippen LogP contribution is -2.43. The maximum atomic E-state index is 12.9. The van der Waals surface area contributed by atoms with Gasteiger partial charge in [-0.2, -0.15) is 0 Å². The van der Waals surface area contributed by atoms with E-state index in [1.165, 1.54) is 11.3 Å². The number of nitrogens with one attached hydrogen (secondary N) is 1. The second-order valence-corrected chi connectivity index (χ2v) is 11.1. The van der Waals surface area contributed by atoms with E-state index in [0.717, 1.165) is 27.9 Å². The highest BCUT2D eigenvalue weighted by atomic mass is 79.9. The first kappa shape index (κ1) is 22.9. The maximum Gasteiger partial charge on any atom is 0.249 e. The molecule has 0 saturated carbocycles. The Bertz CT molecular complexity index is 891. The first-order chi connectivity index (χ1) is 14.1. The lowest BCUT2D eigenvalue weighted by molar-refractivity contribution is -0.137. The quantitative estimate of drug-likeness (QED) is 0.588. The lowest BCUT2D eigenvalue weighted by atomic mass is 9.84. The van der Waals surface area contributed by atoms with Gasteiger partial charge in [0.1, 0.15) is 11.0 Å². The van der Waals surface area contributed by atoms with Crippen LogP contribution in [0.15, 0.2) is 28.7 Å². The van der Waals surface area contributed by atoms with Crippen LogP contribution < -0.4 is 5.32 Å². The van der Waals surface area contributed by atoms with Gasteiger partial charge in [-0.05, 0) is 42.7 Å². The summed E-state index contributed by atoms with van der Waals surface area (Å²) in [6.07, 6.45) is 2.99. The topological polar surface area (TPSA) is 75.2 Å². The number of hydrogen-bond donors (Lipinski definition) is 1. The summed E-state index contributed by atoms with van der Waals surface area (Å²) in [6, 6.07) is 7.35. The van der Waals surface area contributed by atoms with Gasteiger partial charge in [-0.1, -0.05) is 67.1 Å². The number of rotatable bonds is 6. The Morgan fingerprint density at radius 2 is 1.97 bits per heavy atom. The van der Waals surface area contributed by atoms with E-state index in [9.17, 15) is 9.59 Å². The second-order valence-electron chi connectivity index (χ2n) is 9.23. The smallest absolute Gasteiger partial charge is 0.249 e. The van der Waals surface area contributed by atoms with Gasteiger partial charge in [0.05, 0.1) is 0 Å². The summed E-state index contributed by atoms with van der Waals surface area (Å²) in [5.41, 5.74) is 1.13. The molecule has 0 aliphatic carbocycles. The second kappa shape index (κ2) is 9.56. The van der Waals surface area contributed by atoms with Crippen molar-refractivity contribution in [3.05, 3.63) is 28.7 Å². The molecule has 30 heavy (non-hydrogen) atoms. The average molecular weight is 493 g/mol. The van der Waals surface area contributed by atoms with Crippen LogP contribution in [-0.4, -0.2) is 39.5 Å². The fourth-order valence-electron chi connectivity index (χ4n) is 4.04. The molecule has 0 bridgehead atoms. The fraction of sp³-hybridized carbons (Fsp3) is 0.545. The first-order valence-corrected chi connectivity index (χ1v) is 11.9. The van der Waals surface area contributed by atoms with Crippen molar-refractivity contribution >= 4 is 44.2 Å². The van der Waals surface area contributed by atoms with Crippen molar-refractivity contribution in [3.63, 3.8) is 0 Å². The molecule has 0 spiro atoms. The molecule has 8 heteroatoms.